The van der Waals surface area contributed by atoms with Gasteiger partial charge in [-0.25, -0.2) is 4.79 Å². The number of benzene rings is 2. The number of fused-ring (bicyclic) bond motifs is 3. The molecule has 2 amide bonds. The molecular formula is C23H24F2N2O5. The number of carboxylic acids is 1. The molecular weight excluding hydrogens is 422 g/mol. The van der Waals surface area contributed by atoms with E-state index in [1.807, 2.05) is 59.2 Å². The number of carbonyl (C=O) groups excluding carboxylic acids is 2. The molecule has 0 heterocycles. The van der Waals surface area contributed by atoms with Crippen molar-refractivity contribution in [2.24, 2.45) is 0 Å². The van der Waals surface area contributed by atoms with Gasteiger partial charge in [-0.15, -0.1) is 0 Å². The third-order valence-corrected chi connectivity index (χ3v) is 5.23. The summed E-state index contributed by atoms with van der Waals surface area (Å²) in [6.45, 7) is -1.31. The number of rotatable bonds is 10. The zero-order valence-electron chi connectivity index (χ0n) is 17.3. The molecule has 0 saturated heterocycles. The number of unbranched alkanes of at least 4 members (excludes halogenated alkanes) is 1. The molecule has 0 aromatic heterocycles. The summed E-state index contributed by atoms with van der Waals surface area (Å²) in [5.41, 5.74) is 4.08. The van der Waals surface area contributed by atoms with Crippen LogP contribution < -0.4 is 10.6 Å². The van der Waals surface area contributed by atoms with Crippen molar-refractivity contribution in [3.63, 3.8) is 0 Å². The number of halogens is 2. The van der Waals surface area contributed by atoms with Gasteiger partial charge < -0.3 is 20.5 Å². The Balaban J connectivity index is 1.47. The van der Waals surface area contributed by atoms with Gasteiger partial charge in [-0.3, -0.25) is 9.59 Å². The van der Waals surface area contributed by atoms with Gasteiger partial charge in [-0.1, -0.05) is 48.5 Å². The quantitative estimate of drug-likeness (QED) is 0.485. The van der Waals surface area contributed by atoms with Crippen LogP contribution >= 0.6 is 0 Å². The molecule has 0 radical (unpaired) electrons. The van der Waals surface area contributed by atoms with E-state index in [4.69, 9.17) is 9.84 Å². The van der Waals surface area contributed by atoms with Crippen molar-refractivity contribution in [3.05, 3.63) is 59.7 Å². The molecule has 0 saturated carbocycles. The van der Waals surface area contributed by atoms with E-state index in [9.17, 15) is 23.2 Å². The summed E-state index contributed by atoms with van der Waals surface area (Å²) in [6.07, 6.45) is -0.622. The topological polar surface area (TPSA) is 105 Å². The SMILES string of the molecule is O=C(O)CCCCNC(=O)C(F)(F)CNC(=O)OCC1c2ccccc2-c2ccccc21. The second kappa shape index (κ2) is 10.2. The van der Waals surface area contributed by atoms with Crippen LogP contribution in [-0.4, -0.2) is 48.7 Å². The zero-order valence-corrected chi connectivity index (χ0v) is 17.3. The van der Waals surface area contributed by atoms with Crippen molar-refractivity contribution >= 4 is 18.0 Å². The van der Waals surface area contributed by atoms with Crippen molar-refractivity contribution in [2.75, 3.05) is 19.7 Å². The Morgan fingerprint density at radius 2 is 1.53 bits per heavy atom. The number of amides is 2. The van der Waals surface area contributed by atoms with E-state index in [0.29, 0.717) is 0 Å². The molecule has 1 aliphatic carbocycles. The normalized spacial score (nSPS) is 12.6. The highest BCUT2D eigenvalue weighted by Crippen LogP contribution is 2.44. The number of carbonyl (C=O) groups is 3. The average molecular weight is 446 g/mol. The van der Waals surface area contributed by atoms with Crippen molar-refractivity contribution in [1.82, 2.24) is 10.6 Å². The first kappa shape index (κ1) is 23.2. The van der Waals surface area contributed by atoms with Crippen LogP contribution in [0.5, 0.6) is 0 Å². The van der Waals surface area contributed by atoms with Gasteiger partial charge in [0, 0.05) is 18.9 Å². The van der Waals surface area contributed by atoms with E-state index in [-0.39, 0.29) is 38.3 Å². The minimum atomic E-state index is -3.82. The van der Waals surface area contributed by atoms with Gasteiger partial charge in [-0.05, 0) is 35.1 Å². The minimum absolute atomic E-state index is 0.0266. The summed E-state index contributed by atoms with van der Waals surface area (Å²) in [7, 11) is 0. The Kier molecular flexibility index (Phi) is 7.40. The van der Waals surface area contributed by atoms with Gasteiger partial charge >= 0.3 is 18.0 Å². The molecule has 0 unspecified atom stereocenters. The number of hydrogen-bond donors (Lipinski definition) is 3. The lowest BCUT2D eigenvalue weighted by Crippen LogP contribution is -2.48. The molecule has 1 aliphatic rings. The first-order chi connectivity index (χ1) is 15.3. The number of nitrogens with one attached hydrogen (secondary N) is 2. The largest absolute Gasteiger partial charge is 0.481 e. The molecule has 2 aromatic carbocycles. The van der Waals surface area contributed by atoms with Crippen LogP contribution in [0.4, 0.5) is 13.6 Å². The summed E-state index contributed by atoms with van der Waals surface area (Å²) < 4.78 is 33.1. The van der Waals surface area contributed by atoms with Gasteiger partial charge in [-0.2, -0.15) is 8.78 Å². The third-order valence-electron chi connectivity index (χ3n) is 5.23. The molecule has 0 fully saturated rings. The van der Waals surface area contributed by atoms with Crippen LogP contribution in [0, 0.1) is 0 Å². The van der Waals surface area contributed by atoms with Gasteiger partial charge in [0.1, 0.15) is 6.61 Å². The van der Waals surface area contributed by atoms with Crippen molar-refractivity contribution in [3.8, 4) is 11.1 Å². The first-order valence-electron chi connectivity index (χ1n) is 10.3. The number of carboxylic acid groups (broad SMARTS) is 1. The highest BCUT2D eigenvalue weighted by molar-refractivity contribution is 5.84. The molecule has 0 spiro atoms. The highest BCUT2D eigenvalue weighted by atomic mass is 19.3. The Labute approximate surface area is 183 Å². The van der Waals surface area contributed by atoms with E-state index >= 15 is 0 Å². The second-order valence-electron chi connectivity index (χ2n) is 7.49. The standard InChI is InChI=1S/C23H24F2N2O5/c24-23(25,21(30)26-12-6-5-11-20(28)29)14-27-22(31)32-13-19-17-9-3-1-7-15(17)16-8-2-4-10-18(16)19/h1-4,7-10,19H,5-6,11-14H2,(H,26,30)(H,27,31)(H,28,29). The third kappa shape index (κ3) is 5.60. The van der Waals surface area contributed by atoms with Crippen LogP contribution in [0.2, 0.25) is 0 Å². The zero-order chi connectivity index (χ0) is 23.1. The van der Waals surface area contributed by atoms with E-state index in [0.717, 1.165) is 22.3 Å². The first-order valence-corrected chi connectivity index (χ1v) is 10.3. The smallest absolute Gasteiger partial charge is 0.407 e. The number of ether oxygens (including phenoxy) is 1. The molecule has 0 bridgehead atoms. The lowest BCUT2D eigenvalue weighted by Gasteiger charge is -2.18. The van der Waals surface area contributed by atoms with Crippen LogP contribution in [-0.2, 0) is 14.3 Å². The van der Waals surface area contributed by atoms with Crippen molar-refractivity contribution in [2.45, 2.75) is 31.1 Å². The maximum atomic E-state index is 14.0. The number of alkyl carbamates (subject to hydrolysis) is 1. The number of aliphatic carboxylic acids is 1. The lowest BCUT2D eigenvalue weighted by atomic mass is 9.98. The summed E-state index contributed by atoms with van der Waals surface area (Å²) >= 11 is 0. The highest BCUT2D eigenvalue weighted by Gasteiger charge is 2.39. The van der Waals surface area contributed by atoms with Crippen LogP contribution in [0.3, 0.4) is 0 Å². The fourth-order valence-electron chi connectivity index (χ4n) is 3.65. The van der Waals surface area contributed by atoms with Crippen LogP contribution in [0.25, 0.3) is 11.1 Å². The Morgan fingerprint density at radius 3 is 2.12 bits per heavy atom. The summed E-state index contributed by atoms with van der Waals surface area (Å²) in [5.74, 6) is -6.55. The van der Waals surface area contributed by atoms with Gasteiger partial charge in [0.05, 0.1) is 6.54 Å². The van der Waals surface area contributed by atoms with E-state index < -0.39 is 30.4 Å². The van der Waals surface area contributed by atoms with Crippen LogP contribution in [0.15, 0.2) is 48.5 Å². The second-order valence-corrected chi connectivity index (χ2v) is 7.49. The molecule has 170 valence electrons. The summed E-state index contributed by atoms with van der Waals surface area (Å²) in [4.78, 5) is 34.1. The summed E-state index contributed by atoms with van der Waals surface area (Å²) in [6, 6.07) is 15.5. The molecule has 2 aromatic rings. The van der Waals surface area contributed by atoms with Gasteiger partial charge in [0.15, 0.2) is 0 Å². The fraction of sp³-hybridized carbons (Fsp3) is 0.348. The van der Waals surface area contributed by atoms with Gasteiger partial charge in [0.2, 0.25) is 0 Å². The van der Waals surface area contributed by atoms with E-state index in [2.05, 4.69) is 0 Å². The fourth-order valence-corrected chi connectivity index (χ4v) is 3.65. The molecule has 0 atom stereocenters. The van der Waals surface area contributed by atoms with Crippen LogP contribution in [0.1, 0.15) is 36.3 Å². The predicted molar refractivity (Wildman–Crippen MR) is 113 cm³/mol. The Hall–Kier alpha value is -3.49. The predicted octanol–water partition coefficient (Wildman–Crippen LogP) is 3.53. The van der Waals surface area contributed by atoms with Crippen molar-refractivity contribution < 1.29 is 33.0 Å². The molecule has 3 N–H and O–H groups in total. The monoisotopic (exact) mass is 446 g/mol. The van der Waals surface area contributed by atoms with Crippen molar-refractivity contribution in [1.29, 1.82) is 0 Å². The van der Waals surface area contributed by atoms with E-state index in [1.165, 1.54) is 0 Å². The molecule has 7 nitrogen and oxygen atoms in total. The molecule has 9 heteroatoms. The van der Waals surface area contributed by atoms with Gasteiger partial charge in [0.25, 0.3) is 5.91 Å². The average Bonchev–Trinajstić information content (AvgIpc) is 3.09. The number of alkyl halides is 2. The lowest BCUT2D eigenvalue weighted by molar-refractivity contribution is -0.144. The molecule has 0 aliphatic heterocycles. The summed E-state index contributed by atoms with van der Waals surface area (Å²) in [5, 5.41) is 12.5. The number of hydrogen-bond acceptors (Lipinski definition) is 4. The Morgan fingerprint density at radius 1 is 0.938 bits per heavy atom. The maximum Gasteiger partial charge on any atom is 0.407 e. The van der Waals surface area contributed by atoms with E-state index in [1.54, 1.807) is 0 Å². The minimum Gasteiger partial charge on any atom is -0.481 e. The molecule has 32 heavy (non-hydrogen) atoms. The maximum absolute atomic E-state index is 14.0. The molecule has 3 rings (SSSR count). The Bertz CT molecular complexity index is 950.